The van der Waals surface area contributed by atoms with Gasteiger partial charge in [-0.05, 0) is 26.2 Å². The van der Waals surface area contributed by atoms with E-state index in [0.717, 1.165) is 12.8 Å². The Balaban J connectivity index is 2.15. The SMILES string of the molecule is CCOC(=O)[C@H]1CS[C@@H]2CCC[C@@H](N)C(=O)N12. The van der Waals surface area contributed by atoms with Gasteiger partial charge in [-0.1, -0.05) is 0 Å². The van der Waals surface area contributed by atoms with Crippen molar-refractivity contribution >= 4 is 23.6 Å². The zero-order valence-electron chi connectivity index (χ0n) is 9.93. The van der Waals surface area contributed by atoms with Crippen LogP contribution in [0.1, 0.15) is 26.2 Å². The first-order valence-corrected chi connectivity index (χ1v) is 7.06. The Hall–Kier alpha value is -0.750. The first-order chi connectivity index (χ1) is 8.15. The molecule has 0 spiro atoms. The molecule has 0 aromatic carbocycles. The lowest BCUT2D eigenvalue weighted by Gasteiger charge is -2.27. The Morgan fingerprint density at radius 1 is 1.59 bits per heavy atom. The third-order valence-corrected chi connectivity index (χ3v) is 4.54. The number of hydrogen-bond acceptors (Lipinski definition) is 5. The number of carbonyl (C=O) groups is 2. The Labute approximate surface area is 105 Å². The molecule has 3 atom stereocenters. The molecule has 2 saturated heterocycles. The zero-order chi connectivity index (χ0) is 12.4. The second-order valence-electron chi connectivity index (χ2n) is 4.34. The van der Waals surface area contributed by atoms with Gasteiger partial charge in [0.1, 0.15) is 6.04 Å². The highest BCUT2D eigenvalue weighted by Gasteiger charge is 2.44. The van der Waals surface area contributed by atoms with Crippen molar-refractivity contribution < 1.29 is 14.3 Å². The average Bonchev–Trinajstić information content (AvgIpc) is 2.66. The van der Waals surface area contributed by atoms with Gasteiger partial charge in [0.25, 0.3) is 0 Å². The fourth-order valence-electron chi connectivity index (χ4n) is 2.33. The number of amides is 1. The van der Waals surface area contributed by atoms with Gasteiger partial charge in [-0.25, -0.2) is 4.79 Å². The molecule has 2 aliphatic rings. The first-order valence-electron chi connectivity index (χ1n) is 6.01. The lowest BCUT2D eigenvalue weighted by molar-refractivity contribution is -0.153. The lowest BCUT2D eigenvalue weighted by Crippen LogP contribution is -2.51. The highest BCUT2D eigenvalue weighted by molar-refractivity contribution is 8.00. The molecule has 0 aliphatic carbocycles. The molecule has 2 N–H and O–H groups in total. The number of thioether (sulfide) groups is 1. The van der Waals surface area contributed by atoms with Crippen LogP contribution in [0.15, 0.2) is 0 Å². The maximum atomic E-state index is 12.1. The highest BCUT2D eigenvalue weighted by atomic mass is 32.2. The van der Waals surface area contributed by atoms with E-state index in [4.69, 9.17) is 10.5 Å². The third kappa shape index (κ3) is 2.42. The standard InChI is InChI=1S/C11H18N2O3S/c1-2-16-11(15)8-6-17-9-5-3-4-7(12)10(14)13(8)9/h7-9H,2-6,12H2,1H3/t7-,8-,9-/m1/s1. The molecule has 0 aromatic rings. The topological polar surface area (TPSA) is 72.6 Å². The molecule has 0 bridgehead atoms. The van der Waals surface area contributed by atoms with E-state index in [1.54, 1.807) is 23.6 Å². The molecule has 0 aromatic heterocycles. The molecule has 0 unspecified atom stereocenters. The maximum absolute atomic E-state index is 12.1. The Kier molecular flexibility index (Phi) is 3.93. The molecule has 2 fully saturated rings. The summed E-state index contributed by atoms with van der Waals surface area (Å²) in [7, 11) is 0. The molecule has 5 nitrogen and oxygen atoms in total. The minimum atomic E-state index is -0.462. The summed E-state index contributed by atoms with van der Waals surface area (Å²) in [6.45, 7) is 2.12. The first kappa shape index (κ1) is 12.7. The quantitative estimate of drug-likeness (QED) is 0.723. The van der Waals surface area contributed by atoms with Crippen LogP contribution in [0, 0.1) is 0 Å². The predicted molar refractivity (Wildman–Crippen MR) is 65.3 cm³/mol. The van der Waals surface area contributed by atoms with E-state index in [9.17, 15) is 9.59 Å². The van der Waals surface area contributed by atoms with Crippen LogP contribution in [-0.4, -0.2) is 46.6 Å². The molecule has 2 rings (SSSR count). The molecular weight excluding hydrogens is 240 g/mol. The third-order valence-electron chi connectivity index (χ3n) is 3.19. The van der Waals surface area contributed by atoms with Crippen LogP contribution < -0.4 is 5.73 Å². The van der Waals surface area contributed by atoms with Crippen molar-refractivity contribution in [3.63, 3.8) is 0 Å². The van der Waals surface area contributed by atoms with Crippen molar-refractivity contribution in [1.82, 2.24) is 4.90 Å². The van der Waals surface area contributed by atoms with Crippen LogP contribution in [0.3, 0.4) is 0 Å². The van der Waals surface area contributed by atoms with Crippen LogP contribution in [0.4, 0.5) is 0 Å². The predicted octanol–water partition coefficient (Wildman–Crippen LogP) is 0.331. The number of ether oxygens (including phenoxy) is 1. The van der Waals surface area contributed by atoms with Crippen LogP contribution in [0.5, 0.6) is 0 Å². The van der Waals surface area contributed by atoms with E-state index in [1.165, 1.54) is 0 Å². The number of nitrogens with zero attached hydrogens (tertiary/aromatic N) is 1. The Bertz CT molecular complexity index is 324. The second kappa shape index (κ2) is 5.27. The summed E-state index contributed by atoms with van der Waals surface area (Å²) in [5, 5.41) is 0.102. The molecule has 2 aliphatic heterocycles. The van der Waals surface area contributed by atoms with E-state index in [2.05, 4.69) is 0 Å². The van der Waals surface area contributed by atoms with Gasteiger partial charge in [-0.2, -0.15) is 0 Å². The van der Waals surface area contributed by atoms with Crippen molar-refractivity contribution in [2.75, 3.05) is 12.4 Å². The molecule has 17 heavy (non-hydrogen) atoms. The number of hydrogen-bond donors (Lipinski definition) is 1. The van der Waals surface area contributed by atoms with Crippen molar-refractivity contribution in [3.05, 3.63) is 0 Å². The molecule has 0 radical (unpaired) electrons. The van der Waals surface area contributed by atoms with Crippen LogP contribution in [-0.2, 0) is 14.3 Å². The van der Waals surface area contributed by atoms with E-state index in [-0.39, 0.29) is 17.3 Å². The normalized spacial score (nSPS) is 33.2. The van der Waals surface area contributed by atoms with Gasteiger partial charge in [-0.15, -0.1) is 11.8 Å². The summed E-state index contributed by atoms with van der Waals surface area (Å²) in [5.74, 6) is 0.225. The van der Waals surface area contributed by atoms with Crippen LogP contribution in [0.25, 0.3) is 0 Å². The van der Waals surface area contributed by atoms with Gasteiger partial charge in [-0.3, -0.25) is 4.79 Å². The summed E-state index contributed by atoms with van der Waals surface area (Å²) in [6.07, 6.45) is 2.57. The number of carbonyl (C=O) groups excluding carboxylic acids is 2. The monoisotopic (exact) mass is 258 g/mol. The zero-order valence-corrected chi connectivity index (χ0v) is 10.7. The van der Waals surface area contributed by atoms with E-state index < -0.39 is 12.1 Å². The van der Waals surface area contributed by atoms with Crippen LogP contribution in [0.2, 0.25) is 0 Å². The van der Waals surface area contributed by atoms with E-state index in [1.807, 2.05) is 0 Å². The van der Waals surface area contributed by atoms with Gasteiger partial charge in [0.05, 0.1) is 18.0 Å². The molecule has 96 valence electrons. The molecule has 1 amide bonds. The summed E-state index contributed by atoms with van der Waals surface area (Å²) >= 11 is 1.66. The number of fused-ring (bicyclic) bond motifs is 1. The minimum Gasteiger partial charge on any atom is -0.464 e. The van der Waals surface area contributed by atoms with Crippen molar-refractivity contribution in [2.24, 2.45) is 5.73 Å². The molecule has 0 saturated carbocycles. The van der Waals surface area contributed by atoms with Crippen molar-refractivity contribution in [3.8, 4) is 0 Å². The van der Waals surface area contributed by atoms with Crippen molar-refractivity contribution in [2.45, 2.75) is 43.6 Å². The number of nitrogens with two attached hydrogens (primary N) is 1. The highest BCUT2D eigenvalue weighted by Crippen LogP contribution is 2.35. The number of esters is 1. The molecule has 2 heterocycles. The molecular formula is C11H18N2O3S. The summed E-state index contributed by atoms with van der Waals surface area (Å²) in [6, 6.07) is -0.905. The fourth-order valence-corrected chi connectivity index (χ4v) is 3.77. The summed E-state index contributed by atoms with van der Waals surface area (Å²) in [5.41, 5.74) is 5.82. The average molecular weight is 258 g/mol. The minimum absolute atomic E-state index is 0.101. The van der Waals surface area contributed by atoms with E-state index >= 15 is 0 Å². The largest absolute Gasteiger partial charge is 0.464 e. The maximum Gasteiger partial charge on any atom is 0.329 e. The van der Waals surface area contributed by atoms with Gasteiger partial charge in [0, 0.05) is 5.75 Å². The van der Waals surface area contributed by atoms with Crippen LogP contribution >= 0.6 is 11.8 Å². The smallest absolute Gasteiger partial charge is 0.329 e. The van der Waals surface area contributed by atoms with E-state index in [0.29, 0.717) is 18.8 Å². The van der Waals surface area contributed by atoms with Crippen molar-refractivity contribution in [1.29, 1.82) is 0 Å². The summed E-state index contributed by atoms with van der Waals surface area (Å²) < 4.78 is 5.01. The fraction of sp³-hybridized carbons (Fsp3) is 0.818. The lowest BCUT2D eigenvalue weighted by atomic mass is 10.1. The Morgan fingerprint density at radius 3 is 3.06 bits per heavy atom. The number of rotatable bonds is 2. The van der Waals surface area contributed by atoms with Gasteiger partial charge in [0.15, 0.2) is 0 Å². The van der Waals surface area contributed by atoms with Gasteiger partial charge < -0.3 is 15.4 Å². The van der Waals surface area contributed by atoms with Gasteiger partial charge >= 0.3 is 5.97 Å². The summed E-state index contributed by atoms with van der Waals surface area (Å²) in [4.78, 5) is 25.6. The van der Waals surface area contributed by atoms with Gasteiger partial charge in [0.2, 0.25) is 5.91 Å². The Morgan fingerprint density at radius 2 is 2.35 bits per heavy atom. The second-order valence-corrected chi connectivity index (χ2v) is 5.55. The molecule has 6 heteroatoms.